The van der Waals surface area contributed by atoms with E-state index in [0.29, 0.717) is 31.1 Å². The quantitative estimate of drug-likeness (QED) is 0.718. The number of hydrogen-bond acceptors (Lipinski definition) is 2. The van der Waals surface area contributed by atoms with Crippen molar-refractivity contribution in [3.8, 4) is 11.8 Å². The molecular weight excluding hydrogens is 274 g/mol. The molecule has 0 N–H and O–H groups in total. The summed E-state index contributed by atoms with van der Waals surface area (Å²) < 4.78 is 0. The number of nitrogens with zero attached hydrogens (tertiary/aromatic N) is 1. The molecule has 0 spiro atoms. The molecule has 1 amide bonds. The summed E-state index contributed by atoms with van der Waals surface area (Å²) in [7, 11) is 0. The summed E-state index contributed by atoms with van der Waals surface area (Å²) in [5.41, 5.74) is 0. The number of amides is 1. The molecule has 0 saturated carbocycles. The van der Waals surface area contributed by atoms with Gasteiger partial charge in [-0.15, -0.1) is 11.8 Å². The molecule has 0 bridgehead atoms. The lowest BCUT2D eigenvalue weighted by Gasteiger charge is -2.31. The molecular formula is C19H33NO2. The first-order valence-electron chi connectivity index (χ1n) is 8.80. The summed E-state index contributed by atoms with van der Waals surface area (Å²) in [5.74, 6) is 7.83. The monoisotopic (exact) mass is 307 g/mol. The second-order valence-corrected chi connectivity index (χ2v) is 5.90. The minimum Gasteiger partial charge on any atom is -0.343 e. The molecule has 3 heteroatoms. The Labute approximate surface area is 136 Å². The normalized spacial score (nSPS) is 14.7. The minimum atomic E-state index is 0.138. The van der Waals surface area contributed by atoms with E-state index in [4.69, 9.17) is 0 Å². The van der Waals surface area contributed by atoms with Gasteiger partial charge in [0.25, 0.3) is 0 Å². The van der Waals surface area contributed by atoms with Crippen LogP contribution in [-0.4, -0.2) is 29.7 Å². The number of carbonyl (C=O) groups is 2. The molecule has 1 fully saturated rings. The molecule has 0 aliphatic carbocycles. The lowest BCUT2D eigenvalue weighted by molar-refractivity contribution is -0.134. The summed E-state index contributed by atoms with van der Waals surface area (Å²) in [6, 6.07) is 0. The number of rotatable bonds is 5. The number of ketones is 1. The van der Waals surface area contributed by atoms with E-state index in [2.05, 4.69) is 25.7 Å². The van der Waals surface area contributed by atoms with Crippen LogP contribution in [-0.2, 0) is 9.59 Å². The van der Waals surface area contributed by atoms with Gasteiger partial charge >= 0.3 is 0 Å². The van der Waals surface area contributed by atoms with E-state index in [9.17, 15) is 9.59 Å². The van der Waals surface area contributed by atoms with Crippen molar-refractivity contribution in [2.24, 2.45) is 11.8 Å². The van der Waals surface area contributed by atoms with E-state index in [0.717, 1.165) is 32.4 Å². The Balaban J connectivity index is 0.00000211. The predicted molar refractivity (Wildman–Crippen MR) is 92.4 cm³/mol. The molecule has 0 aromatic carbocycles. The van der Waals surface area contributed by atoms with Gasteiger partial charge in [-0.05, 0) is 18.8 Å². The van der Waals surface area contributed by atoms with Crippen LogP contribution in [0.3, 0.4) is 0 Å². The summed E-state index contributed by atoms with van der Waals surface area (Å²) in [5, 5.41) is 0. The van der Waals surface area contributed by atoms with E-state index in [1.165, 1.54) is 0 Å². The highest BCUT2D eigenvalue weighted by atomic mass is 16.2. The van der Waals surface area contributed by atoms with Gasteiger partial charge in [0.1, 0.15) is 5.78 Å². The van der Waals surface area contributed by atoms with Gasteiger partial charge in [0.05, 0.1) is 0 Å². The van der Waals surface area contributed by atoms with Crippen molar-refractivity contribution in [3.05, 3.63) is 0 Å². The number of piperidine rings is 1. The highest BCUT2D eigenvalue weighted by molar-refractivity contribution is 5.84. The smallest absolute Gasteiger partial charge is 0.223 e. The molecule has 1 rings (SSSR count). The second-order valence-electron chi connectivity index (χ2n) is 5.90. The molecule has 3 nitrogen and oxygen atoms in total. The summed E-state index contributed by atoms with van der Waals surface area (Å²) in [6.45, 7) is 11.7. The van der Waals surface area contributed by atoms with Crippen molar-refractivity contribution < 1.29 is 9.59 Å². The predicted octanol–water partition coefficient (Wildman–Crippen LogP) is 4.06. The average Bonchev–Trinajstić information content (AvgIpc) is 2.54. The minimum absolute atomic E-state index is 0.138. The maximum atomic E-state index is 12.0. The van der Waals surface area contributed by atoms with Gasteiger partial charge in [-0.1, -0.05) is 34.6 Å². The zero-order valence-electron chi connectivity index (χ0n) is 15.1. The lowest BCUT2D eigenvalue weighted by atomic mass is 9.93. The van der Waals surface area contributed by atoms with E-state index in [1.54, 1.807) is 0 Å². The van der Waals surface area contributed by atoms with E-state index < -0.39 is 0 Å². The van der Waals surface area contributed by atoms with Gasteiger partial charge < -0.3 is 4.90 Å². The summed E-state index contributed by atoms with van der Waals surface area (Å²) in [6.07, 6.45) is 4.35. The van der Waals surface area contributed by atoms with Crippen molar-refractivity contribution in [2.75, 3.05) is 13.1 Å². The molecule has 0 radical (unpaired) electrons. The molecule has 1 aliphatic heterocycles. The van der Waals surface area contributed by atoms with Gasteiger partial charge in [0, 0.05) is 44.7 Å². The Morgan fingerprint density at radius 3 is 2.23 bits per heavy atom. The van der Waals surface area contributed by atoms with E-state index in [1.807, 2.05) is 25.7 Å². The number of likely N-dealkylation sites (tertiary alicyclic amines) is 1. The standard InChI is InChI=1S/C17H27NO2.C2H6/c1-4-16(19)8-9-17(20)18-12-10-15(11-13-18)7-5-6-14(2)3;1-2/h14-15H,4,7-13H2,1-3H3;1-2H3. The van der Waals surface area contributed by atoms with Crippen LogP contribution in [0.15, 0.2) is 0 Å². The summed E-state index contributed by atoms with van der Waals surface area (Å²) in [4.78, 5) is 25.1. The van der Waals surface area contributed by atoms with Gasteiger partial charge in [0.2, 0.25) is 5.91 Å². The summed E-state index contributed by atoms with van der Waals surface area (Å²) >= 11 is 0. The molecule has 0 aromatic rings. The lowest BCUT2D eigenvalue weighted by Crippen LogP contribution is -2.38. The Morgan fingerprint density at radius 2 is 1.73 bits per heavy atom. The fourth-order valence-electron chi connectivity index (χ4n) is 2.38. The topological polar surface area (TPSA) is 37.4 Å². The zero-order valence-corrected chi connectivity index (χ0v) is 15.1. The fourth-order valence-corrected chi connectivity index (χ4v) is 2.38. The Kier molecular flexibility index (Phi) is 11.5. The van der Waals surface area contributed by atoms with Crippen LogP contribution in [0.2, 0.25) is 0 Å². The van der Waals surface area contributed by atoms with Gasteiger partial charge in [0.15, 0.2) is 0 Å². The number of Topliss-reactive ketones (excluding diaryl/α,β-unsaturated/α-hetero) is 1. The molecule has 1 heterocycles. The van der Waals surface area contributed by atoms with Crippen LogP contribution in [0.5, 0.6) is 0 Å². The second kappa shape index (κ2) is 12.3. The molecule has 0 aromatic heterocycles. The number of carbonyl (C=O) groups excluding carboxylic acids is 2. The van der Waals surface area contributed by atoms with Crippen LogP contribution < -0.4 is 0 Å². The molecule has 1 saturated heterocycles. The average molecular weight is 307 g/mol. The first-order chi connectivity index (χ1) is 10.5. The Morgan fingerprint density at radius 1 is 1.14 bits per heavy atom. The first-order valence-corrected chi connectivity index (χ1v) is 8.80. The van der Waals surface area contributed by atoms with Crippen LogP contribution >= 0.6 is 0 Å². The Hall–Kier alpha value is -1.30. The molecule has 0 unspecified atom stereocenters. The zero-order chi connectivity index (χ0) is 17.0. The third-order valence-electron chi connectivity index (χ3n) is 3.76. The van der Waals surface area contributed by atoms with Crippen LogP contribution in [0, 0.1) is 23.7 Å². The molecule has 1 aliphatic rings. The van der Waals surface area contributed by atoms with Gasteiger partial charge in [-0.25, -0.2) is 0 Å². The van der Waals surface area contributed by atoms with Crippen LogP contribution in [0.4, 0.5) is 0 Å². The maximum Gasteiger partial charge on any atom is 0.223 e. The first kappa shape index (κ1) is 20.7. The van der Waals surface area contributed by atoms with Crippen molar-refractivity contribution in [3.63, 3.8) is 0 Å². The molecule has 22 heavy (non-hydrogen) atoms. The number of hydrogen-bond donors (Lipinski definition) is 0. The highest BCUT2D eigenvalue weighted by Gasteiger charge is 2.22. The van der Waals surface area contributed by atoms with Crippen molar-refractivity contribution in [1.29, 1.82) is 0 Å². The van der Waals surface area contributed by atoms with Gasteiger partial charge in [-0.2, -0.15) is 0 Å². The van der Waals surface area contributed by atoms with Crippen molar-refractivity contribution in [1.82, 2.24) is 4.90 Å². The van der Waals surface area contributed by atoms with E-state index >= 15 is 0 Å². The van der Waals surface area contributed by atoms with Crippen LogP contribution in [0.1, 0.15) is 73.1 Å². The van der Waals surface area contributed by atoms with Crippen molar-refractivity contribution in [2.45, 2.75) is 73.1 Å². The van der Waals surface area contributed by atoms with E-state index in [-0.39, 0.29) is 11.7 Å². The third kappa shape index (κ3) is 8.87. The van der Waals surface area contributed by atoms with Gasteiger partial charge in [-0.3, -0.25) is 9.59 Å². The molecule has 126 valence electrons. The SMILES string of the molecule is CC.CCC(=O)CCC(=O)N1CCC(CC#CC(C)C)CC1. The highest BCUT2D eigenvalue weighted by Crippen LogP contribution is 2.20. The van der Waals surface area contributed by atoms with Crippen LogP contribution in [0.25, 0.3) is 0 Å². The largest absolute Gasteiger partial charge is 0.343 e. The Bertz CT molecular complexity index is 382. The maximum absolute atomic E-state index is 12.0. The third-order valence-corrected chi connectivity index (χ3v) is 3.76. The fraction of sp³-hybridized carbons (Fsp3) is 0.789. The molecule has 0 atom stereocenters. The van der Waals surface area contributed by atoms with Crippen molar-refractivity contribution >= 4 is 11.7 Å².